The van der Waals surface area contributed by atoms with E-state index in [1.807, 2.05) is 0 Å². The molecule has 18 heavy (non-hydrogen) atoms. The summed E-state index contributed by atoms with van der Waals surface area (Å²) >= 11 is 1.78. The van der Waals surface area contributed by atoms with Gasteiger partial charge in [0.2, 0.25) is 10.0 Å². The molecule has 0 bridgehead atoms. The monoisotopic (exact) mass is 290 g/mol. The third kappa shape index (κ3) is 2.12. The van der Waals surface area contributed by atoms with Crippen LogP contribution in [0.25, 0.3) is 0 Å². The Balaban J connectivity index is 2.41. The van der Waals surface area contributed by atoms with Crippen LogP contribution in [0.2, 0.25) is 0 Å². The highest BCUT2D eigenvalue weighted by Gasteiger charge is 2.34. The first-order chi connectivity index (χ1) is 8.35. The lowest BCUT2D eigenvalue weighted by molar-refractivity contribution is 0.394. The lowest BCUT2D eigenvalue weighted by atomic mass is 10.3. The van der Waals surface area contributed by atoms with E-state index in [0.29, 0.717) is 5.69 Å². The van der Waals surface area contributed by atoms with Gasteiger partial charge in [0.25, 0.3) is 0 Å². The predicted molar refractivity (Wildman–Crippen MR) is 73.0 cm³/mol. The first-order valence-corrected chi connectivity index (χ1v) is 8.30. The van der Waals surface area contributed by atoms with Crippen molar-refractivity contribution in [2.75, 3.05) is 24.3 Å². The highest BCUT2D eigenvalue weighted by atomic mass is 32.2. The number of thioether (sulfide) groups is 1. The standard InChI is InChI=1S/C10H18N4O2S2/c1-7-9(10(11)12-13(7)2)18(15,16)14(3)8-4-5-17-6-8/h8H,4-6H2,1-3H3,(H2,11,12). The maximum absolute atomic E-state index is 12.6. The highest BCUT2D eigenvalue weighted by Crippen LogP contribution is 2.29. The molecule has 2 N–H and O–H groups in total. The van der Waals surface area contributed by atoms with Crippen molar-refractivity contribution < 1.29 is 8.42 Å². The van der Waals surface area contributed by atoms with E-state index in [9.17, 15) is 8.42 Å². The van der Waals surface area contributed by atoms with Crippen LogP contribution >= 0.6 is 11.8 Å². The number of anilines is 1. The van der Waals surface area contributed by atoms with E-state index >= 15 is 0 Å². The summed E-state index contributed by atoms with van der Waals surface area (Å²) in [7, 11) is -0.238. The van der Waals surface area contributed by atoms with Gasteiger partial charge in [-0.15, -0.1) is 0 Å². The highest BCUT2D eigenvalue weighted by molar-refractivity contribution is 7.99. The minimum atomic E-state index is -3.55. The van der Waals surface area contributed by atoms with Crippen LogP contribution in [0.4, 0.5) is 5.82 Å². The Morgan fingerprint density at radius 3 is 2.67 bits per heavy atom. The number of hydrogen-bond acceptors (Lipinski definition) is 5. The first-order valence-electron chi connectivity index (χ1n) is 5.70. The van der Waals surface area contributed by atoms with E-state index in [4.69, 9.17) is 5.73 Å². The Labute approximate surface area is 112 Å². The zero-order chi connectivity index (χ0) is 13.5. The van der Waals surface area contributed by atoms with Crippen molar-refractivity contribution in [1.82, 2.24) is 14.1 Å². The van der Waals surface area contributed by atoms with Crippen molar-refractivity contribution in [3.05, 3.63) is 5.69 Å². The van der Waals surface area contributed by atoms with Gasteiger partial charge in [-0.05, 0) is 19.1 Å². The van der Waals surface area contributed by atoms with Gasteiger partial charge >= 0.3 is 0 Å². The van der Waals surface area contributed by atoms with Crippen molar-refractivity contribution in [1.29, 1.82) is 0 Å². The zero-order valence-electron chi connectivity index (χ0n) is 10.8. The molecule has 1 aromatic rings. The molecule has 0 aromatic carbocycles. The average Bonchev–Trinajstić information content (AvgIpc) is 2.87. The van der Waals surface area contributed by atoms with E-state index < -0.39 is 10.0 Å². The van der Waals surface area contributed by atoms with Crippen LogP contribution in [0.1, 0.15) is 12.1 Å². The quantitative estimate of drug-likeness (QED) is 0.873. The fourth-order valence-corrected chi connectivity index (χ4v) is 5.12. The second-order valence-electron chi connectivity index (χ2n) is 4.46. The van der Waals surface area contributed by atoms with E-state index in [-0.39, 0.29) is 16.8 Å². The van der Waals surface area contributed by atoms with Crippen molar-refractivity contribution in [3.63, 3.8) is 0 Å². The molecular weight excluding hydrogens is 272 g/mol. The van der Waals surface area contributed by atoms with E-state index in [1.54, 1.807) is 32.8 Å². The normalized spacial score (nSPS) is 20.8. The van der Waals surface area contributed by atoms with Crippen molar-refractivity contribution in [3.8, 4) is 0 Å². The largest absolute Gasteiger partial charge is 0.381 e. The third-order valence-corrected chi connectivity index (χ3v) is 6.58. The molecule has 0 saturated carbocycles. The van der Waals surface area contributed by atoms with Crippen LogP contribution in [-0.2, 0) is 17.1 Å². The molecule has 6 nitrogen and oxygen atoms in total. The number of rotatable bonds is 3. The van der Waals surface area contributed by atoms with E-state index in [1.165, 1.54) is 8.99 Å². The maximum atomic E-state index is 12.6. The molecule has 0 spiro atoms. The van der Waals surface area contributed by atoms with Gasteiger partial charge in [0.15, 0.2) is 5.82 Å². The molecular formula is C10H18N4O2S2. The van der Waals surface area contributed by atoms with Gasteiger partial charge in [0, 0.05) is 25.9 Å². The van der Waals surface area contributed by atoms with Crippen molar-refractivity contribution in [2.24, 2.45) is 7.05 Å². The van der Waals surface area contributed by atoms with E-state index in [2.05, 4.69) is 5.10 Å². The summed E-state index contributed by atoms with van der Waals surface area (Å²) in [4.78, 5) is 0.143. The summed E-state index contributed by atoms with van der Waals surface area (Å²) in [5.74, 6) is 1.92. The summed E-state index contributed by atoms with van der Waals surface area (Å²) in [5.41, 5.74) is 6.30. The zero-order valence-corrected chi connectivity index (χ0v) is 12.4. The Hall–Kier alpha value is -0.730. The summed E-state index contributed by atoms with van der Waals surface area (Å²) < 4.78 is 28.1. The summed E-state index contributed by atoms with van der Waals surface area (Å²) in [6.45, 7) is 1.72. The SMILES string of the molecule is Cc1c(S(=O)(=O)N(C)C2CCSC2)c(N)nn1C. The van der Waals surface area contributed by atoms with Gasteiger partial charge in [-0.2, -0.15) is 21.2 Å². The Kier molecular flexibility index (Phi) is 3.61. The van der Waals surface area contributed by atoms with Crippen molar-refractivity contribution >= 4 is 27.6 Å². The third-order valence-electron chi connectivity index (χ3n) is 3.36. The van der Waals surface area contributed by atoms with Crippen LogP contribution < -0.4 is 5.73 Å². The molecule has 1 unspecified atom stereocenters. The number of sulfonamides is 1. The lowest BCUT2D eigenvalue weighted by Crippen LogP contribution is -2.37. The predicted octanol–water partition coefficient (Wildman–Crippen LogP) is 0.437. The number of hydrogen-bond donors (Lipinski definition) is 1. The average molecular weight is 290 g/mol. The molecule has 1 fully saturated rings. The molecule has 1 aliphatic rings. The van der Waals surface area contributed by atoms with Gasteiger partial charge in [0.05, 0.1) is 5.69 Å². The molecule has 8 heteroatoms. The molecule has 2 rings (SSSR count). The van der Waals surface area contributed by atoms with Gasteiger partial charge in [-0.3, -0.25) is 4.68 Å². The Morgan fingerprint density at radius 1 is 1.56 bits per heavy atom. The second-order valence-corrected chi connectivity index (χ2v) is 7.55. The Morgan fingerprint density at radius 2 is 2.22 bits per heavy atom. The fraction of sp³-hybridized carbons (Fsp3) is 0.700. The summed E-state index contributed by atoms with van der Waals surface area (Å²) in [6.07, 6.45) is 0.889. The van der Waals surface area contributed by atoms with Crippen LogP contribution in [0.5, 0.6) is 0 Å². The Bertz CT molecular complexity index is 546. The van der Waals surface area contributed by atoms with Gasteiger partial charge in [-0.25, -0.2) is 8.42 Å². The van der Waals surface area contributed by atoms with Gasteiger partial charge in [0.1, 0.15) is 4.90 Å². The maximum Gasteiger partial charge on any atom is 0.248 e. The van der Waals surface area contributed by atoms with Crippen LogP contribution in [0.3, 0.4) is 0 Å². The van der Waals surface area contributed by atoms with Crippen LogP contribution in [-0.4, -0.2) is 47.1 Å². The number of aromatic nitrogens is 2. The van der Waals surface area contributed by atoms with Crippen molar-refractivity contribution in [2.45, 2.75) is 24.3 Å². The minimum absolute atomic E-state index is 0.0546. The molecule has 1 atom stereocenters. The lowest BCUT2D eigenvalue weighted by Gasteiger charge is -2.23. The number of nitrogens with two attached hydrogens (primary N) is 1. The molecule has 1 aromatic heterocycles. The van der Waals surface area contributed by atoms with Gasteiger partial charge < -0.3 is 5.73 Å². The molecule has 1 aliphatic heterocycles. The fourth-order valence-electron chi connectivity index (χ4n) is 2.08. The van der Waals surface area contributed by atoms with Gasteiger partial charge in [-0.1, -0.05) is 0 Å². The molecule has 0 amide bonds. The number of nitrogens with zero attached hydrogens (tertiary/aromatic N) is 3. The molecule has 1 saturated heterocycles. The summed E-state index contributed by atoms with van der Waals surface area (Å²) in [6, 6.07) is 0.0546. The topological polar surface area (TPSA) is 81.2 Å². The molecule has 0 radical (unpaired) electrons. The number of aryl methyl sites for hydroxylation is 1. The summed E-state index contributed by atoms with van der Waals surface area (Å²) in [5, 5.41) is 3.97. The smallest absolute Gasteiger partial charge is 0.248 e. The molecule has 0 aliphatic carbocycles. The first kappa shape index (κ1) is 13.7. The van der Waals surface area contributed by atoms with Crippen LogP contribution in [0, 0.1) is 6.92 Å². The van der Waals surface area contributed by atoms with Crippen LogP contribution in [0.15, 0.2) is 4.90 Å². The molecule has 102 valence electrons. The van der Waals surface area contributed by atoms with E-state index in [0.717, 1.165) is 17.9 Å². The molecule has 2 heterocycles. The minimum Gasteiger partial charge on any atom is -0.381 e. The second kappa shape index (κ2) is 4.75. The number of nitrogen functional groups attached to an aromatic ring is 1.